The van der Waals surface area contributed by atoms with Crippen LogP contribution in [0.5, 0.6) is 0 Å². The average molecular weight is 282 g/mol. The molecule has 0 bridgehead atoms. The molecule has 0 fully saturated rings. The number of nitro benzene ring substituents is 1. The van der Waals surface area contributed by atoms with Crippen molar-refractivity contribution >= 4 is 17.3 Å². The molecular weight excluding hydrogens is 270 g/mol. The van der Waals surface area contributed by atoms with Gasteiger partial charge in [-0.05, 0) is 18.6 Å². The maximum atomic E-state index is 10.7. The van der Waals surface area contributed by atoms with Crippen molar-refractivity contribution in [2.24, 2.45) is 0 Å². The fraction of sp³-hybridized carbons (Fsp3) is 0.250. The predicted molar refractivity (Wildman–Crippen MR) is 69.9 cm³/mol. The van der Waals surface area contributed by atoms with E-state index >= 15 is 0 Å². The zero-order chi connectivity index (χ0) is 13.8. The van der Waals surface area contributed by atoms with E-state index in [1.165, 1.54) is 12.1 Å². The molecule has 1 aromatic carbocycles. The van der Waals surface area contributed by atoms with Crippen molar-refractivity contribution in [1.29, 1.82) is 0 Å². The zero-order valence-electron chi connectivity index (χ0n) is 10.2. The summed E-state index contributed by atoms with van der Waals surface area (Å²) in [5.74, 6) is 1.33. The fourth-order valence-corrected chi connectivity index (χ4v) is 1.79. The van der Waals surface area contributed by atoms with Crippen LogP contribution in [-0.2, 0) is 13.1 Å². The fourth-order valence-electron chi connectivity index (χ4n) is 1.61. The first-order valence-electron chi connectivity index (χ1n) is 5.61. The lowest BCUT2D eigenvalue weighted by molar-refractivity contribution is -0.384. The molecule has 19 heavy (non-hydrogen) atoms. The quantitative estimate of drug-likeness (QED) is 0.673. The monoisotopic (exact) mass is 281 g/mol. The Bertz CT molecular complexity index is 598. The number of nitrogens with zero attached hydrogens (tertiary/aromatic N) is 2. The van der Waals surface area contributed by atoms with Gasteiger partial charge in [0, 0.05) is 12.6 Å². The third-order valence-corrected chi connectivity index (χ3v) is 2.80. The van der Waals surface area contributed by atoms with E-state index < -0.39 is 4.92 Å². The normalized spacial score (nSPS) is 10.6. The Morgan fingerprint density at radius 3 is 2.89 bits per heavy atom. The molecule has 1 aromatic heterocycles. The number of nitro groups is 1. The number of halogens is 1. The van der Waals surface area contributed by atoms with Crippen molar-refractivity contribution in [3.63, 3.8) is 0 Å². The van der Waals surface area contributed by atoms with E-state index in [1.807, 2.05) is 6.92 Å². The molecule has 0 aliphatic rings. The molecule has 0 aliphatic heterocycles. The van der Waals surface area contributed by atoms with E-state index in [-0.39, 0.29) is 10.7 Å². The van der Waals surface area contributed by atoms with Crippen molar-refractivity contribution < 1.29 is 9.34 Å². The van der Waals surface area contributed by atoms with E-state index in [4.69, 9.17) is 16.0 Å². The van der Waals surface area contributed by atoms with Crippen LogP contribution in [0.4, 0.5) is 5.69 Å². The summed E-state index contributed by atoms with van der Waals surface area (Å²) in [6.45, 7) is 2.75. The van der Waals surface area contributed by atoms with Crippen LogP contribution in [0, 0.1) is 17.0 Å². The smallest absolute Gasteiger partial charge is 0.288 e. The first kappa shape index (κ1) is 13.5. The van der Waals surface area contributed by atoms with Crippen molar-refractivity contribution in [3.05, 3.63) is 56.7 Å². The molecule has 1 heterocycles. The van der Waals surface area contributed by atoms with Crippen LogP contribution in [0.25, 0.3) is 0 Å². The van der Waals surface area contributed by atoms with Gasteiger partial charge in [-0.3, -0.25) is 10.1 Å². The van der Waals surface area contributed by atoms with Gasteiger partial charge in [-0.25, -0.2) is 4.98 Å². The van der Waals surface area contributed by atoms with E-state index in [9.17, 15) is 10.1 Å². The number of nitrogens with one attached hydrogen (secondary N) is 1. The zero-order valence-corrected chi connectivity index (χ0v) is 11.0. The molecule has 0 radical (unpaired) electrons. The first-order valence-corrected chi connectivity index (χ1v) is 5.99. The molecule has 0 saturated carbocycles. The van der Waals surface area contributed by atoms with Crippen LogP contribution >= 0.6 is 11.6 Å². The van der Waals surface area contributed by atoms with Gasteiger partial charge >= 0.3 is 0 Å². The number of oxazole rings is 1. The summed E-state index contributed by atoms with van der Waals surface area (Å²) in [5, 5.41) is 14.0. The maximum absolute atomic E-state index is 10.7. The molecule has 0 amide bonds. The van der Waals surface area contributed by atoms with Gasteiger partial charge in [0.25, 0.3) is 5.69 Å². The molecule has 0 saturated heterocycles. The Hall–Kier alpha value is -1.92. The molecule has 0 spiro atoms. The highest BCUT2D eigenvalue weighted by atomic mass is 35.5. The van der Waals surface area contributed by atoms with Gasteiger partial charge in [0.15, 0.2) is 0 Å². The molecule has 7 heteroatoms. The minimum atomic E-state index is -0.497. The molecule has 0 atom stereocenters. The topological polar surface area (TPSA) is 81.2 Å². The van der Waals surface area contributed by atoms with Crippen molar-refractivity contribution in [1.82, 2.24) is 10.3 Å². The van der Waals surface area contributed by atoms with Gasteiger partial charge < -0.3 is 9.73 Å². The van der Waals surface area contributed by atoms with Gasteiger partial charge in [0.05, 0.1) is 17.7 Å². The molecule has 0 unspecified atom stereocenters. The van der Waals surface area contributed by atoms with Crippen LogP contribution in [0.3, 0.4) is 0 Å². The summed E-state index contributed by atoms with van der Waals surface area (Å²) >= 11 is 5.74. The van der Waals surface area contributed by atoms with Gasteiger partial charge in [-0.15, -0.1) is 0 Å². The predicted octanol–water partition coefficient (Wildman–Crippen LogP) is 2.83. The van der Waals surface area contributed by atoms with Gasteiger partial charge in [0.1, 0.15) is 10.8 Å². The number of rotatable bonds is 5. The lowest BCUT2D eigenvalue weighted by Gasteiger charge is -2.03. The molecule has 0 aliphatic carbocycles. The number of aromatic nitrogens is 1. The SMILES string of the molecule is Cc1cnc(CNCc2ccc(Cl)c([N+](=O)[O-])c2)o1. The van der Waals surface area contributed by atoms with Gasteiger partial charge in [-0.1, -0.05) is 17.7 Å². The summed E-state index contributed by atoms with van der Waals surface area (Å²) < 4.78 is 5.30. The van der Waals surface area contributed by atoms with Crippen LogP contribution < -0.4 is 5.32 Å². The second kappa shape index (κ2) is 5.81. The molecule has 6 nitrogen and oxygen atoms in total. The van der Waals surface area contributed by atoms with E-state index in [1.54, 1.807) is 12.3 Å². The Kier molecular flexibility index (Phi) is 4.13. The molecule has 2 rings (SSSR count). The summed E-state index contributed by atoms with van der Waals surface area (Å²) in [7, 11) is 0. The maximum Gasteiger partial charge on any atom is 0.288 e. The minimum absolute atomic E-state index is 0.0899. The Morgan fingerprint density at radius 1 is 1.47 bits per heavy atom. The Morgan fingerprint density at radius 2 is 2.26 bits per heavy atom. The molecular formula is C12H12ClN3O3. The second-order valence-corrected chi connectivity index (χ2v) is 4.42. The number of hydrogen-bond acceptors (Lipinski definition) is 5. The van der Waals surface area contributed by atoms with Gasteiger partial charge in [-0.2, -0.15) is 0 Å². The van der Waals surface area contributed by atoms with E-state index in [0.717, 1.165) is 11.3 Å². The second-order valence-electron chi connectivity index (χ2n) is 4.01. The van der Waals surface area contributed by atoms with Gasteiger partial charge in [0.2, 0.25) is 5.89 Å². The van der Waals surface area contributed by atoms with Crippen molar-refractivity contribution in [2.75, 3.05) is 0 Å². The largest absolute Gasteiger partial charge is 0.445 e. The van der Waals surface area contributed by atoms with Crippen LogP contribution in [0.1, 0.15) is 17.2 Å². The van der Waals surface area contributed by atoms with E-state index in [0.29, 0.717) is 19.0 Å². The Labute approximate surface area is 114 Å². The van der Waals surface area contributed by atoms with Crippen LogP contribution in [0.15, 0.2) is 28.8 Å². The summed E-state index contributed by atoms with van der Waals surface area (Å²) in [6.07, 6.45) is 1.64. The standard InChI is InChI=1S/C12H12ClN3O3/c1-8-5-15-12(19-8)7-14-6-9-2-3-10(13)11(4-9)16(17)18/h2-5,14H,6-7H2,1H3. The summed E-state index contributed by atoms with van der Waals surface area (Å²) in [4.78, 5) is 14.3. The highest BCUT2D eigenvalue weighted by Crippen LogP contribution is 2.24. The summed E-state index contributed by atoms with van der Waals surface area (Å²) in [6, 6.07) is 4.71. The number of aryl methyl sites for hydroxylation is 1. The first-order chi connectivity index (χ1) is 9.06. The molecule has 2 aromatic rings. The van der Waals surface area contributed by atoms with E-state index in [2.05, 4.69) is 10.3 Å². The minimum Gasteiger partial charge on any atom is -0.445 e. The summed E-state index contributed by atoms with van der Waals surface area (Å²) in [5.41, 5.74) is 0.687. The third kappa shape index (κ3) is 3.52. The highest BCUT2D eigenvalue weighted by Gasteiger charge is 2.12. The lowest BCUT2D eigenvalue weighted by atomic mass is 10.2. The average Bonchev–Trinajstić information content (AvgIpc) is 2.77. The number of benzene rings is 1. The third-order valence-electron chi connectivity index (χ3n) is 2.48. The highest BCUT2D eigenvalue weighted by molar-refractivity contribution is 6.32. The molecule has 100 valence electrons. The van der Waals surface area contributed by atoms with Crippen LogP contribution in [0.2, 0.25) is 5.02 Å². The lowest BCUT2D eigenvalue weighted by Crippen LogP contribution is -2.13. The van der Waals surface area contributed by atoms with Crippen LogP contribution in [-0.4, -0.2) is 9.91 Å². The van der Waals surface area contributed by atoms with Crippen molar-refractivity contribution in [3.8, 4) is 0 Å². The molecule has 1 N–H and O–H groups in total. The number of hydrogen-bond donors (Lipinski definition) is 1. The van der Waals surface area contributed by atoms with Crippen molar-refractivity contribution in [2.45, 2.75) is 20.0 Å². The Balaban J connectivity index is 1.96.